The first-order valence-electron chi connectivity index (χ1n) is 9.89. The number of rotatable bonds is 7. The molecular formula is C25H24N2O3. The van der Waals surface area contributed by atoms with Gasteiger partial charge in [0.1, 0.15) is 11.8 Å². The third-order valence-corrected chi connectivity index (χ3v) is 4.81. The summed E-state index contributed by atoms with van der Waals surface area (Å²) in [4.78, 5) is 16.6. The molecule has 0 saturated carbocycles. The largest absolute Gasteiger partial charge is 0.492 e. The average Bonchev–Trinajstić information content (AvgIpc) is 2.76. The lowest BCUT2D eigenvalue weighted by molar-refractivity contribution is 0.0527. The highest BCUT2D eigenvalue weighted by atomic mass is 16.5. The molecule has 30 heavy (non-hydrogen) atoms. The van der Waals surface area contributed by atoms with Crippen molar-refractivity contribution in [1.82, 2.24) is 4.98 Å². The van der Waals surface area contributed by atoms with Gasteiger partial charge in [-0.15, -0.1) is 0 Å². The minimum Gasteiger partial charge on any atom is -0.492 e. The van der Waals surface area contributed by atoms with E-state index in [1.165, 1.54) is 16.7 Å². The van der Waals surface area contributed by atoms with Crippen LogP contribution < -0.4 is 4.74 Å². The van der Waals surface area contributed by atoms with Crippen molar-refractivity contribution in [3.63, 3.8) is 0 Å². The van der Waals surface area contributed by atoms with Crippen molar-refractivity contribution in [2.24, 2.45) is 0 Å². The van der Waals surface area contributed by atoms with E-state index in [1.807, 2.05) is 0 Å². The molecule has 2 aromatic carbocycles. The van der Waals surface area contributed by atoms with Gasteiger partial charge < -0.3 is 9.47 Å². The van der Waals surface area contributed by atoms with Crippen LogP contribution in [0.25, 0.3) is 11.3 Å². The Bertz CT molecular complexity index is 1100. The molecule has 0 aliphatic rings. The van der Waals surface area contributed by atoms with Crippen molar-refractivity contribution in [2.75, 3.05) is 13.2 Å². The molecule has 5 nitrogen and oxygen atoms in total. The Morgan fingerprint density at radius 2 is 1.97 bits per heavy atom. The van der Waals surface area contributed by atoms with Gasteiger partial charge in [0.2, 0.25) is 0 Å². The van der Waals surface area contributed by atoms with Crippen LogP contribution in [0.2, 0.25) is 0 Å². The van der Waals surface area contributed by atoms with Crippen molar-refractivity contribution in [1.29, 1.82) is 5.26 Å². The third kappa shape index (κ3) is 4.84. The summed E-state index contributed by atoms with van der Waals surface area (Å²) in [6, 6.07) is 17.1. The van der Waals surface area contributed by atoms with Gasteiger partial charge in [0.15, 0.2) is 0 Å². The summed E-state index contributed by atoms with van der Waals surface area (Å²) in [7, 11) is 0. The molecular weight excluding hydrogens is 376 g/mol. The number of esters is 1. The van der Waals surface area contributed by atoms with E-state index in [-0.39, 0.29) is 6.61 Å². The summed E-state index contributed by atoms with van der Waals surface area (Å²) in [5, 5.41) is 9.61. The Morgan fingerprint density at radius 1 is 1.13 bits per heavy atom. The van der Waals surface area contributed by atoms with Crippen molar-refractivity contribution in [2.45, 2.75) is 27.2 Å². The quantitative estimate of drug-likeness (QED) is 0.520. The van der Waals surface area contributed by atoms with Gasteiger partial charge in [0.25, 0.3) is 0 Å². The lowest BCUT2D eigenvalue weighted by Gasteiger charge is -2.12. The normalized spacial score (nSPS) is 10.3. The molecule has 0 N–H and O–H groups in total. The second-order valence-corrected chi connectivity index (χ2v) is 6.97. The number of pyridine rings is 1. The van der Waals surface area contributed by atoms with Crippen LogP contribution >= 0.6 is 0 Å². The molecule has 0 aliphatic heterocycles. The molecule has 0 aliphatic carbocycles. The van der Waals surface area contributed by atoms with Crippen LogP contribution in [0.4, 0.5) is 0 Å². The molecule has 0 amide bonds. The van der Waals surface area contributed by atoms with Crippen LogP contribution in [-0.4, -0.2) is 24.2 Å². The van der Waals surface area contributed by atoms with Crippen molar-refractivity contribution < 1.29 is 14.3 Å². The van der Waals surface area contributed by atoms with Gasteiger partial charge in [-0.25, -0.2) is 4.79 Å². The van der Waals surface area contributed by atoms with Crippen molar-refractivity contribution in [3.8, 4) is 23.1 Å². The van der Waals surface area contributed by atoms with Gasteiger partial charge in [-0.1, -0.05) is 23.8 Å². The summed E-state index contributed by atoms with van der Waals surface area (Å²) in [6.07, 6.45) is 2.37. The summed E-state index contributed by atoms with van der Waals surface area (Å²) in [5.74, 6) is 0.0770. The second kappa shape index (κ2) is 9.71. The SMILES string of the molecule is CCOC(=O)c1cccnc1-c1ccc(OCCc2cc(C)ccc2C)c(C#N)c1. The molecule has 3 aromatic rings. The molecule has 0 fully saturated rings. The molecule has 3 rings (SSSR count). The average molecular weight is 400 g/mol. The fourth-order valence-electron chi connectivity index (χ4n) is 3.24. The third-order valence-electron chi connectivity index (χ3n) is 4.81. The maximum atomic E-state index is 12.2. The van der Waals surface area contributed by atoms with E-state index in [4.69, 9.17) is 9.47 Å². The summed E-state index contributed by atoms with van der Waals surface area (Å²) >= 11 is 0. The van der Waals surface area contributed by atoms with Gasteiger partial charge in [0, 0.05) is 18.2 Å². The van der Waals surface area contributed by atoms with E-state index < -0.39 is 5.97 Å². The zero-order valence-electron chi connectivity index (χ0n) is 17.4. The summed E-state index contributed by atoms with van der Waals surface area (Å²) in [6.45, 7) is 6.66. The first-order valence-corrected chi connectivity index (χ1v) is 9.89. The van der Waals surface area contributed by atoms with Crippen LogP contribution in [0.15, 0.2) is 54.7 Å². The Kier molecular flexibility index (Phi) is 6.82. The summed E-state index contributed by atoms with van der Waals surface area (Å²) < 4.78 is 11.0. The molecule has 1 aromatic heterocycles. The number of aryl methyl sites for hydroxylation is 2. The van der Waals surface area contributed by atoms with Crippen LogP contribution in [0, 0.1) is 25.2 Å². The number of hydrogen-bond acceptors (Lipinski definition) is 5. The zero-order valence-corrected chi connectivity index (χ0v) is 17.4. The first kappa shape index (κ1) is 21.1. The number of benzene rings is 2. The minimum absolute atomic E-state index is 0.282. The molecule has 1 heterocycles. The van der Waals surface area contributed by atoms with Gasteiger partial charge >= 0.3 is 5.97 Å². The lowest BCUT2D eigenvalue weighted by Crippen LogP contribution is -2.08. The minimum atomic E-state index is -0.437. The van der Waals surface area contributed by atoms with E-state index in [0.29, 0.717) is 34.7 Å². The first-order chi connectivity index (χ1) is 14.5. The van der Waals surface area contributed by atoms with E-state index >= 15 is 0 Å². The standard InChI is InChI=1S/C25H24N2O3/c1-4-29-25(28)22-6-5-12-27-24(22)20-9-10-23(21(15-20)16-26)30-13-11-19-14-17(2)7-8-18(19)3/h5-10,12,14-15H,4,11,13H2,1-3H3. The van der Waals surface area contributed by atoms with Crippen LogP contribution in [0.1, 0.15) is 39.5 Å². The van der Waals surface area contributed by atoms with Crippen LogP contribution in [0.5, 0.6) is 5.75 Å². The maximum absolute atomic E-state index is 12.2. The van der Waals surface area contributed by atoms with Crippen LogP contribution in [-0.2, 0) is 11.2 Å². The fourth-order valence-corrected chi connectivity index (χ4v) is 3.24. The number of carbonyl (C=O) groups is 1. The zero-order chi connectivity index (χ0) is 21.5. The Balaban J connectivity index is 1.80. The number of hydrogen-bond donors (Lipinski definition) is 0. The Morgan fingerprint density at radius 3 is 2.73 bits per heavy atom. The van der Waals surface area contributed by atoms with Gasteiger partial charge in [0.05, 0.1) is 30.0 Å². The number of carbonyl (C=O) groups excluding carboxylic acids is 1. The Hall–Kier alpha value is -3.65. The van der Waals surface area contributed by atoms with Crippen molar-refractivity contribution in [3.05, 3.63) is 82.5 Å². The highest BCUT2D eigenvalue weighted by Crippen LogP contribution is 2.28. The number of ether oxygens (including phenoxy) is 2. The molecule has 152 valence electrons. The van der Waals surface area contributed by atoms with E-state index in [9.17, 15) is 10.1 Å². The highest BCUT2D eigenvalue weighted by molar-refractivity contribution is 5.96. The maximum Gasteiger partial charge on any atom is 0.340 e. The topological polar surface area (TPSA) is 72.2 Å². The predicted octanol–water partition coefficient (Wildman–Crippen LogP) is 5.04. The molecule has 0 radical (unpaired) electrons. The fraction of sp³-hybridized carbons (Fsp3) is 0.240. The number of aromatic nitrogens is 1. The monoisotopic (exact) mass is 400 g/mol. The predicted molar refractivity (Wildman–Crippen MR) is 115 cm³/mol. The molecule has 0 spiro atoms. The molecule has 0 saturated heterocycles. The van der Waals surface area contributed by atoms with E-state index in [2.05, 4.69) is 43.1 Å². The van der Waals surface area contributed by atoms with Gasteiger partial charge in [-0.05, 0) is 62.2 Å². The van der Waals surface area contributed by atoms with E-state index in [1.54, 1.807) is 43.5 Å². The Labute approximate surface area is 176 Å². The molecule has 0 unspecified atom stereocenters. The molecule has 0 atom stereocenters. The second-order valence-electron chi connectivity index (χ2n) is 6.97. The van der Waals surface area contributed by atoms with E-state index in [0.717, 1.165) is 6.42 Å². The van der Waals surface area contributed by atoms with Crippen LogP contribution in [0.3, 0.4) is 0 Å². The van der Waals surface area contributed by atoms with Gasteiger partial charge in [-0.3, -0.25) is 4.98 Å². The number of nitriles is 1. The van der Waals surface area contributed by atoms with Gasteiger partial charge in [-0.2, -0.15) is 5.26 Å². The smallest absolute Gasteiger partial charge is 0.340 e. The highest BCUT2D eigenvalue weighted by Gasteiger charge is 2.16. The molecule has 5 heteroatoms. The lowest BCUT2D eigenvalue weighted by atomic mass is 10.0. The van der Waals surface area contributed by atoms with Crippen molar-refractivity contribution >= 4 is 5.97 Å². The number of nitrogens with zero attached hydrogens (tertiary/aromatic N) is 2. The molecule has 0 bridgehead atoms. The summed E-state index contributed by atoms with van der Waals surface area (Å²) in [5.41, 5.74) is 5.58.